The number of ether oxygens (including phenoxy) is 1. The van der Waals surface area contributed by atoms with Crippen molar-refractivity contribution in [1.82, 2.24) is 19.7 Å². The molecule has 2 aromatic rings. The van der Waals surface area contributed by atoms with Crippen LogP contribution < -0.4 is 4.74 Å². The number of hydrogen-bond donors (Lipinski definition) is 2. The number of aliphatic hydroxyl groups excluding tert-OH is 1. The molecule has 7 nitrogen and oxygen atoms in total. The molecule has 0 unspecified atom stereocenters. The summed E-state index contributed by atoms with van der Waals surface area (Å²) in [6, 6.07) is 1.13. The van der Waals surface area contributed by atoms with Gasteiger partial charge in [-0.3, -0.25) is 9.48 Å². The number of aryl methyl sites for hydroxylation is 1. The number of carbonyl (C=O) groups is 1. The van der Waals surface area contributed by atoms with Gasteiger partial charge in [-0.25, -0.2) is 4.39 Å². The maximum atomic E-state index is 12.9. The van der Waals surface area contributed by atoms with Crippen LogP contribution in [0.5, 0.6) is 5.75 Å². The molecule has 0 saturated carbocycles. The topological polar surface area (TPSA) is 83.4 Å². The number of aromatic amines is 1. The van der Waals surface area contributed by atoms with E-state index in [0.717, 1.165) is 12.3 Å². The highest BCUT2D eigenvalue weighted by molar-refractivity contribution is 5.92. The molecule has 0 radical (unpaired) electrons. The summed E-state index contributed by atoms with van der Waals surface area (Å²) in [5.41, 5.74) is 0.154. The van der Waals surface area contributed by atoms with Gasteiger partial charge in [-0.1, -0.05) is 0 Å². The number of carbonyl (C=O) groups excluding carboxylic acids is 1. The molecular formula is C13H15FN4O3. The first kappa shape index (κ1) is 13.6. The minimum Gasteiger partial charge on any atom is -0.482 e. The van der Waals surface area contributed by atoms with Crippen molar-refractivity contribution in [1.29, 1.82) is 0 Å². The van der Waals surface area contributed by atoms with Crippen molar-refractivity contribution in [3.63, 3.8) is 0 Å². The summed E-state index contributed by atoms with van der Waals surface area (Å²) >= 11 is 0. The van der Waals surface area contributed by atoms with Crippen LogP contribution in [0.2, 0.25) is 0 Å². The standard InChI is InChI=1S/C13H15FN4O3/c1-17-5-9(4-16-17)21-12-7-18(6-11(12)19)13(20)10-2-8(14)3-15-10/h2-5,11-12,15,19H,6-7H2,1H3/t11-,12-/m1/s1. The lowest BCUT2D eigenvalue weighted by molar-refractivity contribution is 0.0728. The minimum absolute atomic E-state index is 0.143. The highest BCUT2D eigenvalue weighted by atomic mass is 19.1. The monoisotopic (exact) mass is 294 g/mol. The van der Waals surface area contributed by atoms with Crippen LogP contribution in [0.4, 0.5) is 4.39 Å². The van der Waals surface area contributed by atoms with Crippen molar-refractivity contribution < 1.29 is 19.0 Å². The minimum atomic E-state index is -0.797. The van der Waals surface area contributed by atoms with Crippen LogP contribution in [0.1, 0.15) is 10.5 Å². The van der Waals surface area contributed by atoms with E-state index < -0.39 is 18.0 Å². The van der Waals surface area contributed by atoms with Crippen molar-refractivity contribution in [3.05, 3.63) is 36.2 Å². The van der Waals surface area contributed by atoms with Gasteiger partial charge in [-0.2, -0.15) is 5.10 Å². The molecule has 3 heterocycles. The average molecular weight is 294 g/mol. The first-order valence-electron chi connectivity index (χ1n) is 6.49. The van der Waals surface area contributed by atoms with Gasteiger partial charge in [-0.05, 0) is 0 Å². The first-order valence-corrected chi connectivity index (χ1v) is 6.49. The van der Waals surface area contributed by atoms with Gasteiger partial charge < -0.3 is 19.7 Å². The Hall–Kier alpha value is -2.35. The summed E-state index contributed by atoms with van der Waals surface area (Å²) in [5.74, 6) is -0.335. The van der Waals surface area contributed by atoms with Gasteiger partial charge in [0, 0.05) is 19.3 Å². The van der Waals surface area contributed by atoms with Crippen molar-refractivity contribution in [2.75, 3.05) is 13.1 Å². The third-order valence-electron chi connectivity index (χ3n) is 3.37. The maximum absolute atomic E-state index is 12.9. The molecule has 1 amide bonds. The van der Waals surface area contributed by atoms with Gasteiger partial charge in [0.15, 0.2) is 5.75 Å². The summed E-state index contributed by atoms with van der Waals surface area (Å²) in [7, 11) is 1.76. The molecule has 2 atom stereocenters. The van der Waals surface area contributed by atoms with Crippen LogP contribution >= 0.6 is 0 Å². The number of rotatable bonds is 3. The van der Waals surface area contributed by atoms with Crippen molar-refractivity contribution in [2.24, 2.45) is 7.05 Å². The van der Waals surface area contributed by atoms with Gasteiger partial charge >= 0.3 is 0 Å². The summed E-state index contributed by atoms with van der Waals surface area (Å²) in [6.45, 7) is 0.375. The predicted molar refractivity (Wildman–Crippen MR) is 70.3 cm³/mol. The molecule has 1 aliphatic rings. The summed E-state index contributed by atoms with van der Waals surface area (Å²) in [4.78, 5) is 16.1. The second-order valence-corrected chi connectivity index (χ2v) is 5.02. The van der Waals surface area contributed by atoms with E-state index in [2.05, 4.69) is 10.1 Å². The number of aliphatic hydroxyl groups is 1. The lowest BCUT2D eigenvalue weighted by atomic mass is 10.3. The van der Waals surface area contributed by atoms with Crippen molar-refractivity contribution >= 4 is 5.91 Å². The number of likely N-dealkylation sites (tertiary alicyclic amines) is 1. The molecule has 2 aromatic heterocycles. The zero-order chi connectivity index (χ0) is 15.0. The third-order valence-corrected chi connectivity index (χ3v) is 3.37. The lowest BCUT2D eigenvalue weighted by Gasteiger charge is -2.15. The van der Waals surface area contributed by atoms with E-state index in [1.165, 1.54) is 11.1 Å². The van der Waals surface area contributed by atoms with E-state index in [4.69, 9.17) is 4.74 Å². The van der Waals surface area contributed by atoms with Gasteiger partial charge in [0.2, 0.25) is 0 Å². The summed E-state index contributed by atoms with van der Waals surface area (Å²) < 4.78 is 20.1. The Bertz CT molecular complexity index is 653. The van der Waals surface area contributed by atoms with E-state index >= 15 is 0 Å². The first-order chi connectivity index (χ1) is 10.0. The van der Waals surface area contributed by atoms with Gasteiger partial charge in [0.1, 0.15) is 23.7 Å². The second kappa shape index (κ2) is 5.21. The number of amides is 1. The number of halogens is 1. The Morgan fingerprint density at radius 3 is 3.00 bits per heavy atom. The van der Waals surface area contributed by atoms with Crippen LogP contribution in [0, 0.1) is 5.82 Å². The Balaban J connectivity index is 1.66. The molecule has 1 aliphatic heterocycles. The van der Waals surface area contributed by atoms with Crippen LogP contribution in [-0.4, -0.2) is 56.0 Å². The molecule has 0 bridgehead atoms. The SMILES string of the molecule is Cn1cc(O[C@@H]2CN(C(=O)c3cc(F)c[nH]3)C[C@H]2O)cn1. The molecule has 1 fully saturated rings. The fraction of sp³-hybridized carbons (Fsp3) is 0.385. The van der Waals surface area contributed by atoms with Crippen LogP contribution in [0.25, 0.3) is 0 Å². The number of nitrogens with zero attached hydrogens (tertiary/aromatic N) is 3. The van der Waals surface area contributed by atoms with Gasteiger partial charge in [0.05, 0.1) is 25.5 Å². The highest BCUT2D eigenvalue weighted by Crippen LogP contribution is 2.19. The number of β-amino-alcohol motifs (C(OH)–C–C–N with tert-alkyl or cyclic N) is 1. The van der Waals surface area contributed by atoms with E-state index in [-0.39, 0.29) is 24.7 Å². The molecule has 0 aromatic carbocycles. The third kappa shape index (κ3) is 2.75. The fourth-order valence-corrected chi connectivity index (χ4v) is 2.33. The smallest absolute Gasteiger partial charge is 0.270 e. The van der Waals surface area contributed by atoms with Crippen LogP contribution in [0.15, 0.2) is 24.7 Å². The van der Waals surface area contributed by atoms with Gasteiger partial charge in [0.25, 0.3) is 5.91 Å². The Kier molecular flexibility index (Phi) is 3.38. The largest absolute Gasteiger partial charge is 0.482 e. The second-order valence-electron chi connectivity index (χ2n) is 5.02. The highest BCUT2D eigenvalue weighted by Gasteiger charge is 2.36. The molecule has 21 heavy (non-hydrogen) atoms. The fourth-order valence-electron chi connectivity index (χ4n) is 2.33. The molecule has 0 aliphatic carbocycles. The number of nitrogens with one attached hydrogen (secondary N) is 1. The maximum Gasteiger partial charge on any atom is 0.270 e. The van der Waals surface area contributed by atoms with Crippen LogP contribution in [0.3, 0.4) is 0 Å². The zero-order valence-corrected chi connectivity index (χ0v) is 11.4. The number of aromatic nitrogens is 3. The Morgan fingerprint density at radius 2 is 2.38 bits per heavy atom. The number of H-pyrrole nitrogens is 1. The quantitative estimate of drug-likeness (QED) is 0.844. The molecular weight excluding hydrogens is 279 g/mol. The molecule has 2 N–H and O–H groups in total. The Morgan fingerprint density at radius 1 is 1.57 bits per heavy atom. The zero-order valence-electron chi connectivity index (χ0n) is 11.4. The van der Waals surface area contributed by atoms with Crippen molar-refractivity contribution in [2.45, 2.75) is 12.2 Å². The van der Waals surface area contributed by atoms with E-state index in [1.807, 2.05) is 0 Å². The lowest BCUT2D eigenvalue weighted by Crippen LogP contribution is -2.31. The molecule has 1 saturated heterocycles. The van der Waals surface area contributed by atoms with Crippen LogP contribution in [-0.2, 0) is 7.05 Å². The molecule has 3 rings (SSSR count). The molecule has 0 spiro atoms. The predicted octanol–water partition coefficient (Wildman–Crippen LogP) is 0.152. The van der Waals surface area contributed by atoms with Crippen molar-refractivity contribution in [3.8, 4) is 5.75 Å². The average Bonchev–Trinajstić information content (AvgIpc) is 3.12. The van der Waals surface area contributed by atoms with E-state index in [1.54, 1.807) is 17.9 Å². The Labute approximate surface area is 119 Å². The van der Waals surface area contributed by atoms with E-state index in [9.17, 15) is 14.3 Å². The number of hydrogen-bond acceptors (Lipinski definition) is 4. The summed E-state index contributed by atoms with van der Waals surface area (Å²) in [6.07, 6.45) is 3.00. The van der Waals surface area contributed by atoms with Gasteiger partial charge in [-0.15, -0.1) is 0 Å². The van der Waals surface area contributed by atoms with E-state index in [0.29, 0.717) is 5.75 Å². The summed E-state index contributed by atoms with van der Waals surface area (Å²) in [5, 5.41) is 14.0. The normalized spacial score (nSPS) is 21.8. The molecule has 112 valence electrons. The molecule has 8 heteroatoms.